The smallest absolute Gasteiger partial charge is 0.105 e. The van der Waals surface area contributed by atoms with Crippen LogP contribution < -0.4 is 0 Å². The summed E-state index contributed by atoms with van der Waals surface area (Å²) in [6.07, 6.45) is 1.76. The Bertz CT molecular complexity index is 412. The molecule has 3 atom stereocenters. The summed E-state index contributed by atoms with van der Waals surface area (Å²) in [4.78, 5) is 0. The molecule has 3 unspecified atom stereocenters. The molecular formula is C15H22O2. The molecule has 0 bridgehead atoms. The van der Waals surface area contributed by atoms with E-state index in [2.05, 4.69) is 39.8 Å². The Kier molecular flexibility index (Phi) is 3.55. The van der Waals surface area contributed by atoms with Crippen LogP contribution in [0.3, 0.4) is 0 Å². The second kappa shape index (κ2) is 4.79. The number of aliphatic hydroxyl groups is 1. The summed E-state index contributed by atoms with van der Waals surface area (Å²) in [5.74, 6) is 0. The van der Waals surface area contributed by atoms with Crippen LogP contribution >= 0.6 is 0 Å². The van der Waals surface area contributed by atoms with Crippen molar-refractivity contribution in [2.75, 3.05) is 0 Å². The predicted octanol–water partition coefficient (Wildman–Crippen LogP) is 3.21. The predicted molar refractivity (Wildman–Crippen MR) is 69.2 cm³/mol. The van der Waals surface area contributed by atoms with E-state index < -0.39 is 6.10 Å². The lowest BCUT2D eigenvalue weighted by molar-refractivity contribution is -0.0300. The Morgan fingerprint density at radius 1 is 1.12 bits per heavy atom. The average Bonchev–Trinajstić information content (AvgIpc) is 2.69. The fraction of sp³-hybridized carbons (Fsp3) is 0.600. The van der Waals surface area contributed by atoms with Gasteiger partial charge in [-0.25, -0.2) is 0 Å². The Labute approximate surface area is 104 Å². The molecule has 1 aromatic rings. The number of aliphatic hydroxyl groups excluding tert-OH is 1. The minimum absolute atomic E-state index is 0.0363. The van der Waals surface area contributed by atoms with Crippen molar-refractivity contribution in [2.24, 2.45) is 0 Å². The van der Waals surface area contributed by atoms with Crippen LogP contribution in [0.1, 0.15) is 48.1 Å². The molecule has 1 heterocycles. The lowest BCUT2D eigenvalue weighted by Crippen LogP contribution is -2.19. The molecule has 2 rings (SSSR count). The molecule has 17 heavy (non-hydrogen) atoms. The van der Waals surface area contributed by atoms with Gasteiger partial charge in [-0.15, -0.1) is 0 Å². The van der Waals surface area contributed by atoms with E-state index in [1.807, 2.05) is 0 Å². The molecule has 1 saturated heterocycles. The van der Waals surface area contributed by atoms with Crippen LogP contribution in [0.15, 0.2) is 12.1 Å². The van der Waals surface area contributed by atoms with Gasteiger partial charge in [-0.05, 0) is 62.8 Å². The van der Waals surface area contributed by atoms with Crippen LogP contribution in [0.2, 0.25) is 0 Å². The first-order chi connectivity index (χ1) is 7.99. The summed E-state index contributed by atoms with van der Waals surface area (Å²) in [7, 11) is 0. The van der Waals surface area contributed by atoms with Gasteiger partial charge in [0.05, 0.1) is 12.2 Å². The molecule has 1 fully saturated rings. The van der Waals surface area contributed by atoms with Crippen molar-refractivity contribution < 1.29 is 9.84 Å². The number of benzene rings is 1. The van der Waals surface area contributed by atoms with Crippen molar-refractivity contribution in [3.8, 4) is 0 Å². The van der Waals surface area contributed by atoms with Gasteiger partial charge in [-0.3, -0.25) is 0 Å². The Hall–Kier alpha value is -0.860. The number of rotatable bonds is 2. The summed E-state index contributed by atoms with van der Waals surface area (Å²) < 4.78 is 5.75. The number of hydrogen-bond donors (Lipinski definition) is 1. The molecule has 94 valence electrons. The van der Waals surface area contributed by atoms with Crippen LogP contribution in [-0.4, -0.2) is 17.3 Å². The molecule has 2 nitrogen and oxygen atoms in total. The first kappa shape index (κ1) is 12.6. The van der Waals surface area contributed by atoms with Crippen molar-refractivity contribution in [3.05, 3.63) is 34.4 Å². The topological polar surface area (TPSA) is 29.5 Å². The van der Waals surface area contributed by atoms with Gasteiger partial charge in [0.25, 0.3) is 0 Å². The van der Waals surface area contributed by atoms with E-state index in [-0.39, 0.29) is 12.2 Å². The highest BCUT2D eigenvalue weighted by atomic mass is 16.5. The highest BCUT2D eigenvalue weighted by Gasteiger charge is 2.30. The Morgan fingerprint density at radius 3 is 2.35 bits per heavy atom. The third-order valence-electron chi connectivity index (χ3n) is 3.82. The third-order valence-corrected chi connectivity index (χ3v) is 3.82. The summed E-state index contributed by atoms with van der Waals surface area (Å²) >= 11 is 0. The zero-order chi connectivity index (χ0) is 12.6. The van der Waals surface area contributed by atoms with Crippen LogP contribution in [-0.2, 0) is 4.74 Å². The maximum absolute atomic E-state index is 10.4. The van der Waals surface area contributed by atoms with Gasteiger partial charge in [0.1, 0.15) is 6.10 Å². The first-order valence-corrected chi connectivity index (χ1v) is 6.40. The summed E-state index contributed by atoms with van der Waals surface area (Å²) in [6.45, 7) is 8.32. The standard InChI is InChI=1S/C15H22O2/c1-9-7-11(3)13(8-10(9)2)15(16)14-6-5-12(4)17-14/h7-8,12,14-16H,5-6H2,1-4H3. The van der Waals surface area contributed by atoms with E-state index in [1.165, 1.54) is 11.1 Å². The van der Waals surface area contributed by atoms with E-state index in [9.17, 15) is 5.11 Å². The highest BCUT2D eigenvalue weighted by Crippen LogP contribution is 2.32. The molecule has 1 aromatic carbocycles. The SMILES string of the molecule is Cc1cc(C)c(C(O)C2CCC(C)O2)cc1C. The minimum atomic E-state index is -0.487. The van der Waals surface area contributed by atoms with Crippen molar-refractivity contribution in [3.63, 3.8) is 0 Å². The van der Waals surface area contributed by atoms with Crippen LogP contribution in [0.25, 0.3) is 0 Å². The first-order valence-electron chi connectivity index (χ1n) is 6.40. The molecule has 0 radical (unpaired) electrons. The van der Waals surface area contributed by atoms with Gasteiger partial charge < -0.3 is 9.84 Å². The van der Waals surface area contributed by atoms with E-state index >= 15 is 0 Å². The summed E-state index contributed by atoms with van der Waals surface area (Å²) in [5, 5.41) is 10.4. The number of aryl methyl sites for hydroxylation is 3. The van der Waals surface area contributed by atoms with Gasteiger partial charge >= 0.3 is 0 Å². The molecule has 1 aliphatic heterocycles. The van der Waals surface area contributed by atoms with E-state index in [4.69, 9.17) is 4.74 Å². The number of ether oxygens (including phenoxy) is 1. The van der Waals surface area contributed by atoms with Crippen LogP contribution in [0.5, 0.6) is 0 Å². The molecule has 1 aliphatic rings. The lowest BCUT2D eigenvalue weighted by Gasteiger charge is -2.21. The molecule has 2 heteroatoms. The zero-order valence-corrected chi connectivity index (χ0v) is 11.2. The van der Waals surface area contributed by atoms with E-state index in [1.54, 1.807) is 0 Å². The van der Waals surface area contributed by atoms with Crippen molar-refractivity contribution in [1.29, 1.82) is 0 Å². The molecule has 1 N–H and O–H groups in total. The van der Waals surface area contributed by atoms with E-state index in [0.717, 1.165) is 24.0 Å². The molecular weight excluding hydrogens is 212 g/mol. The third kappa shape index (κ3) is 2.53. The zero-order valence-electron chi connectivity index (χ0n) is 11.2. The molecule has 0 saturated carbocycles. The average molecular weight is 234 g/mol. The molecule has 0 aromatic heterocycles. The van der Waals surface area contributed by atoms with E-state index in [0.29, 0.717) is 0 Å². The van der Waals surface area contributed by atoms with Gasteiger partial charge in [-0.1, -0.05) is 12.1 Å². The Morgan fingerprint density at radius 2 is 1.76 bits per heavy atom. The maximum atomic E-state index is 10.4. The Balaban J connectivity index is 2.24. The summed E-state index contributed by atoms with van der Waals surface area (Å²) in [6, 6.07) is 4.24. The van der Waals surface area contributed by atoms with Gasteiger partial charge in [-0.2, -0.15) is 0 Å². The lowest BCUT2D eigenvalue weighted by atomic mass is 9.94. The second-order valence-electron chi connectivity index (χ2n) is 5.30. The van der Waals surface area contributed by atoms with Crippen molar-refractivity contribution >= 4 is 0 Å². The largest absolute Gasteiger partial charge is 0.386 e. The molecule has 0 amide bonds. The minimum Gasteiger partial charge on any atom is -0.386 e. The molecule has 0 spiro atoms. The fourth-order valence-electron chi connectivity index (χ4n) is 2.57. The highest BCUT2D eigenvalue weighted by molar-refractivity contribution is 5.38. The number of hydrogen-bond acceptors (Lipinski definition) is 2. The molecule has 0 aliphatic carbocycles. The van der Waals surface area contributed by atoms with Crippen LogP contribution in [0, 0.1) is 20.8 Å². The van der Waals surface area contributed by atoms with Gasteiger partial charge in [0.2, 0.25) is 0 Å². The summed E-state index contributed by atoms with van der Waals surface area (Å²) in [5.41, 5.74) is 4.69. The quantitative estimate of drug-likeness (QED) is 0.851. The van der Waals surface area contributed by atoms with Gasteiger partial charge in [0, 0.05) is 0 Å². The maximum Gasteiger partial charge on any atom is 0.105 e. The fourth-order valence-corrected chi connectivity index (χ4v) is 2.57. The van der Waals surface area contributed by atoms with Crippen LogP contribution in [0.4, 0.5) is 0 Å². The second-order valence-corrected chi connectivity index (χ2v) is 5.30. The monoisotopic (exact) mass is 234 g/mol. The van der Waals surface area contributed by atoms with Gasteiger partial charge in [0.15, 0.2) is 0 Å². The normalized spacial score (nSPS) is 26.2. The van der Waals surface area contributed by atoms with Crippen molar-refractivity contribution in [2.45, 2.75) is 58.8 Å². The van der Waals surface area contributed by atoms with Crippen molar-refractivity contribution in [1.82, 2.24) is 0 Å².